The summed E-state index contributed by atoms with van der Waals surface area (Å²) >= 11 is 6.13. The van der Waals surface area contributed by atoms with Crippen LogP contribution in [0.2, 0.25) is 5.02 Å². The highest BCUT2D eigenvalue weighted by Gasteiger charge is 2.51. The molecule has 8 heteroatoms. The fourth-order valence-corrected chi connectivity index (χ4v) is 8.58. The summed E-state index contributed by atoms with van der Waals surface area (Å²) in [6, 6.07) is 19.0. The Morgan fingerprint density at radius 2 is 1.66 bits per heavy atom. The van der Waals surface area contributed by atoms with Crippen LogP contribution < -0.4 is 9.83 Å². The van der Waals surface area contributed by atoms with Crippen molar-refractivity contribution < 1.29 is 17.5 Å². The molecule has 0 saturated carbocycles. The molecule has 3 aromatic rings. The molecule has 0 radical (unpaired) electrons. The van der Waals surface area contributed by atoms with Gasteiger partial charge in [-0.1, -0.05) is 47.5 Å². The van der Waals surface area contributed by atoms with Crippen molar-refractivity contribution in [1.29, 1.82) is 0 Å². The van der Waals surface area contributed by atoms with E-state index in [4.69, 9.17) is 16.1 Å². The zero-order valence-electron chi connectivity index (χ0n) is 15.8. The minimum atomic E-state index is -4.14. The van der Waals surface area contributed by atoms with Crippen LogP contribution in [0.15, 0.2) is 77.7 Å². The summed E-state index contributed by atoms with van der Waals surface area (Å²) in [5.41, 5.74) is 1.49. The lowest BCUT2D eigenvalue weighted by Gasteiger charge is -2.39. The van der Waals surface area contributed by atoms with Crippen molar-refractivity contribution in [3.8, 4) is 5.75 Å². The van der Waals surface area contributed by atoms with E-state index in [1.165, 1.54) is 12.1 Å². The largest absolute Gasteiger partial charge is 0.429 e. The average Bonchev–Trinajstić information content (AvgIpc) is 2.69. The highest BCUT2D eigenvalue weighted by atomic mass is 35.5. The maximum absolute atomic E-state index is 14.2. The van der Waals surface area contributed by atoms with Gasteiger partial charge in [0, 0.05) is 10.6 Å². The SMILES string of the molecule is Cc1ccc(S(=O)(=O)N2C(C)c3cc(Cl)ccc3O[P@]2(=O)c2ccccc2)cc1. The van der Waals surface area contributed by atoms with Crippen molar-refractivity contribution in [3.05, 3.63) is 88.9 Å². The van der Waals surface area contributed by atoms with Crippen molar-refractivity contribution in [2.45, 2.75) is 24.8 Å². The topological polar surface area (TPSA) is 63.7 Å². The van der Waals surface area contributed by atoms with Gasteiger partial charge in [-0.2, -0.15) is 0 Å². The third-order valence-corrected chi connectivity index (χ3v) is 10.3. The van der Waals surface area contributed by atoms with E-state index in [-0.39, 0.29) is 4.90 Å². The molecule has 0 aliphatic carbocycles. The minimum Gasteiger partial charge on any atom is -0.429 e. The zero-order chi connectivity index (χ0) is 20.8. The maximum atomic E-state index is 14.2. The molecule has 0 spiro atoms. The molecular formula is C21H19ClNO4PS. The molecule has 3 aromatic carbocycles. The standard InChI is InChI=1S/C21H19ClNO4PS/c1-15-8-11-19(12-9-15)29(25,26)23-16(2)20-14-17(22)10-13-21(20)27-28(23,24)18-6-4-3-5-7-18/h3-14,16H,1-2H3/t16?,28-/m1/s1. The number of hydrogen-bond acceptors (Lipinski definition) is 4. The summed E-state index contributed by atoms with van der Waals surface area (Å²) in [6.45, 7) is 3.56. The second-order valence-corrected chi connectivity index (χ2v) is 11.6. The summed E-state index contributed by atoms with van der Waals surface area (Å²) in [4.78, 5) is 0.0557. The lowest BCUT2D eigenvalue weighted by Crippen LogP contribution is -2.39. The van der Waals surface area contributed by atoms with Gasteiger partial charge in [0.25, 0.3) is 10.0 Å². The smallest absolute Gasteiger partial charge is 0.363 e. The summed E-state index contributed by atoms with van der Waals surface area (Å²) < 4.78 is 48.4. The van der Waals surface area contributed by atoms with Crippen molar-refractivity contribution in [1.82, 2.24) is 4.08 Å². The number of rotatable bonds is 3. The Morgan fingerprint density at radius 1 is 1.00 bits per heavy atom. The van der Waals surface area contributed by atoms with Gasteiger partial charge in [-0.3, -0.25) is 4.57 Å². The summed E-state index contributed by atoms with van der Waals surface area (Å²) in [6.07, 6.45) is 0. The van der Waals surface area contributed by atoms with Crippen LogP contribution in [0.5, 0.6) is 5.75 Å². The van der Waals surface area contributed by atoms with Gasteiger partial charge in [-0.25, -0.2) is 8.42 Å². The Hall–Kier alpha value is -2.11. The van der Waals surface area contributed by atoms with E-state index in [0.29, 0.717) is 21.6 Å². The Labute approximate surface area is 175 Å². The summed E-state index contributed by atoms with van der Waals surface area (Å²) in [5, 5.41) is 0.756. The van der Waals surface area contributed by atoms with E-state index < -0.39 is 23.6 Å². The van der Waals surface area contributed by atoms with Gasteiger partial charge in [-0.05, 0) is 56.3 Å². The van der Waals surface area contributed by atoms with Gasteiger partial charge in [-0.15, -0.1) is 4.08 Å². The lowest BCUT2D eigenvalue weighted by atomic mass is 10.1. The number of hydrogen-bond donors (Lipinski definition) is 0. The lowest BCUT2D eigenvalue weighted by molar-refractivity contribution is 0.365. The van der Waals surface area contributed by atoms with E-state index >= 15 is 0 Å². The Balaban J connectivity index is 1.97. The quantitative estimate of drug-likeness (QED) is 0.510. The van der Waals surface area contributed by atoms with Crippen LogP contribution in [0, 0.1) is 6.92 Å². The molecule has 150 valence electrons. The monoisotopic (exact) mass is 447 g/mol. The predicted octanol–water partition coefficient (Wildman–Crippen LogP) is 5.31. The molecule has 0 bridgehead atoms. The molecule has 1 aliphatic heterocycles. The van der Waals surface area contributed by atoms with Crippen LogP contribution >= 0.6 is 19.1 Å². The second kappa shape index (κ2) is 7.29. The van der Waals surface area contributed by atoms with Gasteiger partial charge in [0.05, 0.1) is 16.2 Å². The Morgan fingerprint density at radius 3 is 2.31 bits per heavy atom. The predicted molar refractivity (Wildman–Crippen MR) is 114 cm³/mol. The number of fused-ring (bicyclic) bond motifs is 1. The number of benzene rings is 3. The molecule has 0 aromatic heterocycles. The third kappa shape index (κ3) is 3.40. The van der Waals surface area contributed by atoms with Crippen molar-refractivity contribution in [3.63, 3.8) is 0 Å². The van der Waals surface area contributed by atoms with Crippen LogP contribution in [0.1, 0.15) is 24.1 Å². The molecule has 0 N–H and O–H groups in total. The molecule has 29 heavy (non-hydrogen) atoms. The van der Waals surface area contributed by atoms with Gasteiger partial charge >= 0.3 is 7.52 Å². The van der Waals surface area contributed by atoms with Gasteiger partial charge in [0.1, 0.15) is 5.75 Å². The van der Waals surface area contributed by atoms with E-state index in [9.17, 15) is 13.0 Å². The summed E-state index contributed by atoms with van der Waals surface area (Å²) in [7, 11) is -8.11. The zero-order valence-corrected chi connectivity index (χ0v) is 18.3. The molecule has 0 saturated heterocycles. The number of halogens is 1. The molecular weight excluding hydrogens is 429 g/mol. The molecule has 0 fully saturated rings. The number of sulfonamides is 1. The number of aryl methyl sites for hydroxylation is 1. The highest BCUT2D eigenvalue weighted by molar-refractivity contribution is 7.96. The molecule has 1 heterocycles. The molecule has 2 atom stereocenters. The highest BCUT2D eigenvalue weighted by Crippen LogP contribution is 2.61. The van der Waals surface area contributed by atoms with E-state index in [2.05, 4.69) is 0 Å². The van der Waals surface area contributed by atoms with Crippen molar-refractivity contribution >= 4 is 34.4 Å². The van der Waals surface area contributed by atoms with Crippen molar-refractivity contribution in [2.75, 3.05) is 0 Å². The number of nitrogens with zero attached hydrogens (tertiary/aromatic N) is 1. The van der Waals surface area contributed by atoms with E-state index in [0.717, 1.165) is 9.64 Å². The van der Waals surface area contributed by atoms with E-state index in [1.54, 1.807) is 67.6 Å². The molecule has 4 rings (SSSR count). The summed E-state index contributed by atoms with van der Waals surface area (Å²) in [5.74, 6) is 0.365. The van der Waals surface area contributed by atoms with Crippen LogP contribution in [-0.2, 0) is 14.6 Å². The first kappa shape index (κ1) is 20.2. The Bertz CT molecular complexity index is 1210. The van der Waals surface area contributed by atoms with Crippen molar-refractivity contribution in [2.24, 2.45) is 0 Å². The van der Waals surface area contributed by atoms with Crippen LogP contribution in [0.3, 0.4) is 0 Å². The average molecular weight is 448 g/mol. The van der Waals surface area contributed by atoms with Gasteiger partial charge in [0.15, 0.2) is 0 Å². The van der Waals surface area contributed by atoms with Gasteiger partial charge in [0.2, 0.25) is 0 Å². The first-order chi connectivity index (χ1) is 13.7. The van der Waals surface area contributed by atoms with E-state index in [1.807, 2.05) is 6.92 Å². The van der Waals surface area contributed by atoms with Crippen LogP contribution in [0.4, 0.5) is 0 Å². The van der Waals surface area contributed by atoms with Gasteiger partial charge < -0.3 is 4.52 Å². The fraction of sp³-hybridized carbons (Fsp3) is 0.143. The first-order valence-corrected chi connectivity index (χ1v) is 12.4. The normalized spacial score (nSPS) is 22.0. The third-order valence-electron chi connectivity index (χ3n) is 4.88. The minimum absolute atomic E-state index is 0.0557. The fourth-order valence-electron chi connectivity index (χ4n) is 3.40. The van der Waals surface area contributed by atoms with Crippen LogP contribution in [-0.4, -0.2) is 12.5 Å². The molecule has 1 unspecified atom stereocenters. The Kier molecular flexibility index (Phi) is 5.07. The second-order valence-electron chi connectivity index (χ2n) is 6.90. The molecule has 5 nitrogen and oxygen atoms in total. The molecule has 0 amide bonds. The van der Waals surface area contributed by atoms with Crippen LogP contribution in [0.25, 0.3) is 0 Å². The maximum Gasteiger partial charge on any atom is 0.363 e. The molecule has 1 aliphatic rings. The first-order valence-electron chi connectivity index (χ1n) is 9.00.